The molecular formula is C26H29NO3. The predicted octanol–water partition coefficient (Wildman–Crippen LogP) is 4.87. The van der Waals surface area contributed by atoms with Gasteiger partial charge in [0.25, 0.3) is 0 Å². The van der Waals surface area contributed by atoms with E-state index < -0.39 is 12.1 Å². The number of rotatable bonds is 10. The molecule has 0 fully saturated rings. The van der Waals surface area contributed by atoms with Gasteiger partial charge in [-0.05, 0) is 53.3 Å². The van der Waals surface area contributed by atoms with Crippen LogP contribution >= 0.6 is 0 Å². The number of benzene rings is 3. The molecule has 4 heteroatoms. The summed E-state index contributed by atoms with van der Waals surface area (Å²) in [6.07, 6.45) is 2.04. The van der Waals surface area contributed by atoms with Gasteiger partial charge in [0.05, 0.1) is 11.7 Å². The highest BCUT2D eigenvalue weighted by Gasteiger charge is 2.11. The van der Waals surface area contributed by atoms with Gasteiger partial charge in [0.1, 0.15) is 0 Å². The van der Waals surface area contributed by atoms with E-state index in [-0.39, 0.29) is 0 Å². The van der Waals surface area contributed by atoms with Crippen LogP contribution in [0.3, 0.4) is 0 Å². The van der Waals surface area contributed by atoms with Crippen molar-refractivity contribution in [1.82, 2.24) is 5.32 Å². The number of aromatic carboxylic acids is 1. The third-order valence-corrected chi connectivity index (χ3v) is 5.25. The molecule has 0 bridgehead atoms. The highest BCUT2D eigenvalue weighted by molar-refractivity contribution is 5.90. The van der Waals surface area contributed by atoms with Gasteiger partial charge in [-0.15, -0.1) is 0 Å². The third kappa shape index (κ3) is 5.78. The van der Waals surface area contributed by atoms with Crippen LogP contribution in [0.1, 0.15) is 46.5 Å². The van der Waals surface area contributed by atoms with E-state index in [1.807, 2.05) is 42.5 Å². The minimum Gasteiger partial charge on any atom is -0.478 e. The van der Waals surface area contributed by atoms with Crippen LogP contribution in [-0.4, -0.2) is 29.3 Å². The highest BCUT2D eigenvalue weighted by atomic mass is 16.4. The number of aryl methyl sites for hydroxylation is 1. The fourth-order valence-corrected chi connectivity index (χ4v) is 3.59. The van der Waals surface area contributed by atoms with Gasteiger partial charge in [-0.1, -0.05) is 80.1 Å². The van der Waals surface area contributed by atoms with Crippen LogP contribution in [0.2, 0.25) is 0 Å². The molecule has 0 radical (unpaired) electrons. The van der Waals surface area contributed by atoms with Gasteiger partial charge in [0.2, 0.25) is 0 Å². The molecule has 0 saturated heterocycles. The first-order valence-corrected chi connectivity index (χ1v) is 10.5. The van der Waals surface area contributed by atoms with Crippen molar-refractivity contribution in [3.05, 3.63) is 95.1 Å². The molecule has 0 aliphatic rings. The SMILES string of the molecule is CCCc1cc(-c2ccc(CCNC[C@H](O)c3ccccc3)cc2)ccc1C(=O)O. The first kappa shape index (κ1) is 21.8. The van der Waals surface area contributed by atoms with Gasteiger partial charge < -0.3 is 15.5 Å². The largest absolute Gasteiger partial charge is 0.478 e. The molecule has 1 atom stereocenters. The second-order valence-electron chi connectivity index (χ2n) is 7.50. The Balaban J connectivity index is 1.56. The lowest BCUT2D eigenvalue weighted by molar-refractivity contribution is 0.0695. The molecule has 3 aromatic rings. The van der Waals surface area contributed by atoms with Gasteiger partial charge in [0.15, 0.2) is 0 Å². The molecule has 0 amide bonds. The molecule has 3 rings (SSSR count). The molecule has 0 heterocycles. The van der Waals surface area contributed by atoms with Crippen molar-refractivity contribution >= 4 is 5.97 Å². The number of carboxylic acid groups (broad SMARTS) is 1. The van der Waals surface area contributed by atoms with Crippen LogP contribution < -0.4 is 5.32 Å². The van der Waals surface area contributed by atoms with Gasteiger partial charge in [-0.3, -0.25) is 0 Å². The Morgan fingerprint density at radius 1 is 0.933 bits per heavy atom. The minimum absolute atomic E-state index is 0.390. The van der Waals surface area contributed by atoms with Crippen LogP contribution in [0.15, 0.2) is 72.8 Å². The van der Waals surface area contributed by atoms with Crippen molar-refractivity contribution in [2.24, 2.45) is 0 Å². The summed E-state index contributed by atoms with van der Waals surface area (Å²) in [5.41, 5.74) is 5.54. The number of aliphatic hydroxyl groups is 1. The van der Waals surface area contributed by atoms with E-state index in [9.17, 15) is 15.0 Å². The fourth-order valence-electron chi connectivity index (χ4n) is 3.59. The summed E-state index contributed by atoms with van der Waals surface area (Å²) in [7, 11) is 0. The van der Waals surface area contributed by atoms with Crippen LogP contribution in [0, 0.1) is 0 Å². The zero-order valence-electron chi connectivity index (χ0n) is 17.3. The average molecular weight is 404 g/mol. The topological polar surface area (TPSA) is 69.6 Å². The Bertz CT molecular complexity index is 952. The lowest BCUT2D eigenvalue weighted by Gasteiger charge is -2.12. The summed E-state index contributed by atoms with van der Waals surface area (Å²) < 4.78 is 0. The molecule has 0 saturated carbocycles. The Morgan fingerprint density at radius 3 is 2.30 bits per heavy atom. The number of aliphatic hydroxyl groups excluding tert-OH is 1. The van der Waals surface area contributed by atoms with E-state index in [1.54, 1.807) is 6.07 Å². The Labute approximate surface area is 178 Å². The Hall–Kier alpha value is -2.95. The molecule has 3 N–H and O–H groups in total. The van der Waals surface area contributed by atoms with Crippen molar-refractivity contribution in [2.45, 2.75) is 32.3 Å². The normalized spacial score (nSPS) is 11.9. The number of hydrogen-bond acceptors (Lipinski definition) is 3. The van der Waals surface area contributed by atoms with Gasteiger partial charge in [-0.25, -0.2) is 4.79 Å². The summed E-state index contributed by atoms with van der Waals surface area (Å²) in [6.45, 7) is 3.37. The van der Waals surface area contributed by atoms with Gasteiger partial charge in [0, 0.05) is 6.54 Å². The maximum atomic E-state index is 11.4. The lowest BCUT2D eigenvalue weighted by atomic mass is 9.96. The zero-order valence-corrected chi connectivity index (χ0v) is 17.3. The molecule has 0 aromatic heterocycles. The minimum atomic E-state index is -0.870. The van der Waals surface area contributed by atoms with Crippen molar-refractivity contribution in [2.75, 3.05) is 13.1 Å². The van der Waals surface area contributed by atoms with E-state index in [0.29, 0.717) is 12.1 Å². The van der Waals surface area contributed by atoms with Crippen molar-refractivity contribution in [1.29, 1.82) is 0 Å². The monoisotopic (exact) mass is 403 g/mol. The number of carbonyl (C=O) groups is 1. The molecule has 156 valence electrons. The molecule has 3 aromatic carbocycles. The third-order valence-electron chi connectivity index (χ3n) is 5.25. The maximum Gasteiger partial charge on any atom is 0.335 e. The first-order valence-electron chi connectivity index (χ1n) is 10.5. The molecule has 4 nitrogen and oxygen atoms in total. The van der Waals surface area contributed by atoms with Crippen LogP contribution in [0.25, 0.3) is 11.1 Å². The van der Waals surface area contributed by atoms with E-state index >= 15 is 0 Å². The lowest BCUT2D eigenvalue weighted by Crippen LogP contribution is -2.23. The first-order chi connectivity index (χ1) is 14.6. The van der Waals surface area contributed by atoms with Crippen molar-refractivity contribution in [3.63, 3.8) is 0 Å². The summed E-state index contributed by atoms with van der Waals surface area (Å²) in [5.74, 6) is -0.870. The predicted molar refractivity (Wildman–Crippen MR) is 121 cm³/mol. The van der Waals surface area contributed by atoms with Crippen LogP contribution in [0.4, 0.5) is 0 Å². The average Bonchev–Trinajstić information content (AvgIpc) is 2.77. The van der Waals surface area contributed by atoms with E-state index in [4.69, 9.17) is 0 Å². The quantitative estimate of drug-likeness (QED) is 0.423. The number of hydrogen-bond donors (Lipinski definition) is 3. The van der Waals surface area contributed by atoms with Crippen LogP contribution in [-0.2, 0) is 12.8 Å². The molecule has 0 aliphatic heterocycles. The smallest absolute Gasteiger partial charge is 0.335 e. The van der Waals surface area contributed by atoms with E-state index in [1.165, 1.54) is 5.56 Å². The second-order valence-corrected chi connectivity index (χ2v) is 7.50. The van der Waals surface area contributed by atoms with Gasteiger partial charge in [-0.2, -0.15) is 0 Å². The molecule has 0 spiro atoms. The standard InChI is InChI=1S/C26H29NO3/c1-2-6-23-17-22(13-14-24(23)26(29)30)20-11-9-19(10-12-20)15-16-27-18-25(28)21-7-4-3-5-8-21/h3-5,7-14,17,25,27-28H,2,6,15-16,18H2,1H3,(H,29,30)/t25-/m0/s1. The summed E-state index contributed by atoms with van der Waals surface area (Å²) in [5, 5.41) is 22.9. The fraction of sp³-hybridized carbons (Fsp3) is 0.269. The van der Waals surface area contributed by atoms with Gasteiger partial charge >= 0.3 is 5.97 Å². The molecule has 0 aliphatic carbocycles. The van der Waals surface area contributed by atoms with Crippen molar-refractivity contribution in [3.8, 4) is 11.1 Å². The summed E-state index contributed by atoms with van der Waals surface area (Å²) >= 11 is 0. The molecular weight excluding hydrogens is 374 g/mol. The summed E-state index contributed by atoms with van der Waals surface area (Å²) in [4.78, 5) is 11.4. The number of nitrogens with one attached hydrogen (secondary N) is 1. The van der Waals surface area contributed by atoms with E-state index in [0.717, 1.165) is 48.1 Å². The number of carboxylic acids is 1. The molecule has 30 heavy (non-hydrogen) atoms. The Kier molecular flexibility index (Phi) is 7.77. The van der Waals surface area contributed by atoms with E-state index in [2.05, 4.69) is 36.5 Å². The Morgan fingerprint density at radius 2 is 1.63 bits per heavy atom. The second kappa shape index (κ2) is 10.7. The van der Waals surface area contributed by atoms with Crippen LogP contribution in [0.5, 0.6) is 0 Å². The highest BCUT2D eigenvalue weighted by Crippen LogP contribution is 2.24. The molecule has 0 unspecified atom stereocenters. The van der Waals surface area contributed by atoms with Crippen molar-refractivity contribution < 1.29 is 15.0 Å². The summed E-state index contributed by atoms with van der Waals surface area (Å²) in [6, 6.07) is 23.6. The maximum absolute atomic E-state index is 11.4. The zero-order chi connectivity index (χ0) is 21.3.